The maximum Gasteiger partial charge on any atom is 0.344 e. The average Bonchev–Trinajstić information content (AvgIpc) is 3.17. The molecule has 0 fully saturated rings. The molecule has 0 radical (unpaired) electrons. The monoisotopic (exact) mass is 370 g/mol. The van der Waals surface area contributed by atoms with Crippen molar-refractivity contribution in [3.05, 3.63) is 52.0 Å². The van der Waals surface area contributed by atoms with Gasteiger partial charge < -0.3 is 10.3 Å². The summed E-state index contributed by atoms with van der Waals surface area (Å²) in [6.07, 6.45) is 3.06. The molecule has 0 atom stereocenters. The van der Waals surface area contributed by atoms with Crippen LogP contribution in [0.4, 0.5) is 4.79 Å². The second-order valence-corrected chi connectivity index (χ2v) is 6.60. The number of H-pyrrole nitrogens is 1. The summed E-state index contributed by atoms with van der Waals surface area (Å²) in [6.45, 7) is 3.73. The molecule has 0 saturated carbocycles. The number of nitrogens with one attached hydrogen (secondary N) is 2. The maximum atomic E-state index is 12.7. The fourth-order valence-electron chi connectivity index (χ4n) is 2.76. The molecule has 0 spiro atoms. The quantitative estimate of drug-likeness (QED) is 0.566. The second-order valence-electron chi connectivity index (χ2n) is 6.17. The minimum atomic E-state index is -0.356. The van der Waals surface area contributed by atoms with Crippen LogP contribution in [-0.4, -0.2) is 36.6 Å². The van der Waals surface area contributed by atoms with Gasteiger partial charge in [0.05, 0.1) is 22.8 Å². The van der Waals surface area contributed by atoms with Crippen LogP contribution in [0.2, 0.25) is 5.02 Å². The number of amides is 1. The van der Waals surface area contributed by atoms with Crippen LogP contribution in [0.3, 0.4) is 0 Å². The number of halogens is 1. The average molecular weight is 371 g/mol. The van der Waals surface area contributed by atoms with Crippen LogP contribution in [0.5, 0.6) is 0 Å². The molecule has 2 aliphatic rings. The number of hydrogen-bond acceptors (Lipinski definition) is 4. The number of carbonyl (C=O) groups excluding carboxylic acids is 1. The lowest BCUT2D eigenvalue weighted by atomic mass is 10.2. The van der Waals surface area contributed by atoms with Crippen LogP contribution >= 0.6 is 11.6 Å². The zero-order chi connectivity index (χ0) is 18.4. The van der Waals surface area contributed by atoms with Crippen LogP contribution in [0.15, 0.2) is 41.5 Å². The number of carbonyl (C=O) groups is 1. The maximum absolute atomic E-state index is 12.7. The Labute approximate surface area is 152 Å². The number of benzene rings is 1. The predicted molar refractivity (Wildman–Crippen MR) is 98.2 cm³/mol. The van der Waals surface area contributed by atoms with Crippen LogP contribution in [-0.2, 0) is 0 Å². The van der Waals surface area contributed by atoms with E-state index in [1.54, 1.807) is 30.5 Å². The van der Waals surface area contributed by atoms with E-state index in [0.717, 1.165) is 0 Å². The van der Waals surface area contributed by atoms with Gasteiger partial charge in [-0.1, -0.05) is 11.6 Å². The van der Waals surface area contributed by atoms with Crippen LogP contribution in [0.25, 0.3) is 28.0 Å². The van der Waals surface area contributed by atoms with Gasteiger partial charge in [-0.3, -0.25) is 4.79 Å². The lowest BCUT2D eigenvalue weighted by Gasteiger charge is -2.08. The van der Waals surface area contributed by atoms with Gasteiger partial charge in [0.15, 0.2) is 0 Å². The molecule has 1 aromatic carbocycles. The van der Waals surface area contributed by atoms with Crippen molar-refractivity contribution in [1.82, 2.24) is 29.9 Å². The summed E-state index contributed by atoms with van der Waals surface area (Å²) < 4.78 is 2.53. The molecule has 8 nitrogen and oxygen atoms in total. The zero-order valence-corrected chi connectivity index (χ0v) is 14.8. The highest BCUT2D eigenvalue weighted by Crippen LogP contribution is 2.26. The Hall–Kier alpha value is -3.13. The minimum Gasteiger partial charge on any atom is -0.345 e. The number of hydrogen-bond donors (Lipinski definition) is 2. The summed E-state index contributed by atoms with van der Waals surface area (Å²) in [6, 6.07) is 6.44. The summed E-state index contributed by atoms with van der Waals surface area (Å²) >= 11 is 5.90. The Balaban J connectivity index is 1.89. The molecule has 0 unspecified atom stereocenters. The van der Waals surface area contributed by atoms with Gasteiger partial charge in [-0.25, -0.2) is 4.79 Å². The smallest absolute Gasteiger partial charge is 0.344 e. The number of fused-ring (bicyclic) bond motifs is 3. The van der Waals surface area contributed by atoms with Gasteiger partial charge in [-0.2, -0.15) is 19.6 Å². The van der Waals surface area contributed by atoms with Gasteiger partial charge in [0.1, 0.15) is 11.3 Å². The Kier molecular flexibility index (Phi) is 3.77. The first-order valence-corrected chi connectivity index (χ1v) is 8.38. The molecule has 9 heteroatoms. The fourth-order valence-corrected chi connectivity index (χ4v) is 2.89. The standard InChI is InChI=1S/C17H15ClN6O2/c1-9(2)21-17(26)24-15-12(8-20-24)14-13(7-19-15)16(25)23(22-14)11-5-3-10(18)4-6-11/h3-9,19H,1-2H3,(H,21,26). The summed E-state index contributed by atoms with van der Waals surface area (Å²) in [5.74, 6) is 0. The molecular formula is C17H15ClN6O2. The third kappa shape index (κ3) is 2.55. The minimum absolute atomic E-state index is 0.0251. The third-order valence-electron chi connectivity index (χ3n) is 3.93. The van der Waals surface area contributed by atoms with Gasteiger partial charge in [0.25, 0.3) is 5.56 Å². The number of aromatic amines is 1. The Morgan fingerprint density at radius 2 is 2.00 bits per heavy atom. The number of nitrogens with zero attached hydrogens (tertiary/aromatic N) is 4. The van der Waals surface area contributed by atoms with Crippen molar-refractivity contribution in [2.75, 3.05) is 0 Å². The molecule has 2 aromatic rings. The lowest BCUT2D eigenvalue weighted by Crippen LogP contribution is -2.34. The molecular weight excluding hydrogens is 356 g/mol. The highest BCUT2D eigenvalue weighted by atomic mass is 35.5. The Morgan fingerprint density at radius 3 is 2.69 bits per heavy atom. The summed E-state index contributed by atoms with van der Waals surface area (Å²) in [5, 5.41) is 12.5. The van der Waals surface area contributed by atoms with E-state index in [0.29, 0.717) is 33.0 Å². The summed E-state index contributed by atoms with van der Waals surface area (Å²) in [4.78, 5) is 27.9. The van der Waals surface area contributed by atoms with E-state index in [9.17, 15) is 9.59 Å². The molecule has 4 rings (SSSR count). The highest BCUT2D eigenvalue weighted by Gasteiger charge is 2.22. The van der Waals surface area contributed by atoms with Crippen molar-refractivity contribution >= 4 is 28.7 Å². The van der Waals surface area contributed by atoms with Crippen LogP contribution in [0.1, 0.15) is 13.8 Å². The summed E-state index contributed by atoms with van der Waals surface area (Å²) in [7, 11) is 0. The van der Waals surface area contributed by atoms with E-state index in [2.05, 4.69) is 20.5 Å². The van der Waals surface area contributed by atoms with E-state index in [4.69, 9.17) is 11.6 Å². The molecule has 2 aliphatic heterocycles. The van der Waals surface area contributed by atoms with Crippen molar-refractivity contribution in [3.63, 3.8) is 0 Å². The lowest BCUT2D eigenvalue weighted by molar-refractivity contribution is 0.238. The van der Waals surface area contributed by atoms with Crippen molar-refractivity contribution in [2.45, 2.75) is 19.9 Å². The Morgan fingerprint density at radius 1 is 1.27 bits per heavy atom. The SMILES string of the molecule is CC(C)NC(=O)n1ncc2c3nn(-c4ccc(Cl)cc4)c(=O)c-3c[nH]c21. The summed E-state index contributed by atoms with van der Waals surface area (Å²) in [5.41, 5.74) is 1.70. The Bertz CT molecular complexity index is 1140. The van der Waals surface area contributed by atoms with Gasteiger partial charge >= 0.3 is 6.03 Å². The molecule has 0 saturated heterocycles. The molecule has 3 heterocycles. The van der Waals surface area contributed by atoms with Crippen LogP contribution in [0, 0.1) is 0 Å². The molecule has 0 bridgehead atoms. The van der Waals surface area contributed by atoms with Gasteiger partial charge in [0, 0.05) is 17.3 Å². The first-order valence-electron chi connectivity index (χ1n) is 8.00. The molecule has 1 aromatic heterocycles. The van der Waals surface area contributed by atoms with Crippen molar-refractivity contribution in [1.29, 1.82) is 0 Å². The van der Waals surface area contributed by atoms with E-state index in [1.165, 1.54) is 15.6 Å². The van der Waals surface area contributed by atoms with E-state index in [1.807, 2.05) is 13.8 Å². The predicted octanol–water partition coefficient (Wildman–Crippen LogP) is 2.63. The van der Waals surface area contributed by atoms with E-state index >= 15 is 0 Å². The fraction of sp³-hybridized carbons (Fsp3) is 0.176. The number of aromatic nitrogens is 5. The first kappa shape index (κ1) is 16.3. The van der Waals surface area contributed by atoms with Crippen molar-refractivity contribution in [2.24, 2.45) is 0 Å². The molecule has 1 amide bonds. The van der Waals surface area contributed by atoms with Crippen molar-refractivity contribution in [3.8, 4) is 16.9 Å². The molecule has 2 N–H and O–H groups in total. The normalized spacial score (nSPS) is 11.5. The molecule has 132 valence electrons. The van der Waals surface area contributed by atoms with Crippen LogP contribution < -0.4 is 10.9 Å². The largest absolute Gasteiger partial charge is 0.345 e. The highest BCUT2D eigenvalue weighted by molar-refractivity contribution is 6.30. The van der Waals surface area contributed by atoms with Gasteiger partial charge in [0.2, 0.25) is 0 Å². The first-order chi connectivity index (χ1) is 12.5. The topological polar surface area (TPSA) is 97.6 Å². The van der Waals surface area contributed by atoms with Crippen molar-refractivity contribution < 1.29 is 4.79 Å². The van der Waals surface area contributed by atoms with E-state index in [-0.39, 0.29) is 17.6 Å². The van der Waals surface area contributed by atoms with E-state index < -0.39 is 0 Å². The molecule has 0 aliphatic carbocycles. The zero-order valence-electron chi connectivity index (χ0n) is 14.0. The number of pyridine rings is 1. The van der Waals surface area contributed by atoms with Gasteiger partial charge in [-0.15, -0.1) is 0 Å². The second kappa shape index (κ2) is 5.99. The number of rotatable bonds is 2. The molecule has 26 heavy (non-hydrogen) atoms. The third-order valence-corrected chi connectivity index (χ3v) is 4.18. The van der Waals surface area contributed by atoms with Gasteiger partial charge in [-0.05, 0) is 38.1 Å².